The number of hydrogen-bond donors (Lipinski definition) is 2. The summed E-state index contributed by atoms with van der Waals surface area (Å²) in [4.78, 5) is 18.7. The SMILES string of the molecule is CCN(CC)CC1CCc2[nH]c3ccc(NC(=O)c4ccccc4OC(F)(F)F)cc3c2C1. The van der Waals surface area contributed by atoms with Crippen molar-refractivity contribution in [3.63, 3.8) is 0 Å². The third-order valence-corrected chi connectivity index (χ3v) is 6.32. The van der Waals surface area contributed by atoms with E-state index in [-0.39, 0.29) is 5.56 Å². The first-order chi connectivity index (χ1) is 15.8. The van der Waals surface area contributed by atoms with Crippen LogP contribution in [0.25, 0.3) is 10.9 Å². The number of carbonyl (C=O) groups is 1. The molecule has 33 heavy (non-hydrogen) atoms. The Kier molecular flexibility index (Phi) is 6.65. The van der Waals surface area contributed by atoms with E-state index in [9.17, 15) is 18.0 Å². The van der Waals surface area contributed by atoms with Crippen molar-refractivity contribution in [3.8, 4) is 5.75 Å². The molecule has 3 aromatic rings. The second-order valence-electron chi connectivity index (χ2n) is 8.44. The topological polar surface area (TPSA) is 57.4 Å². The van der Waals surface area contributed by atoms with Crippen molar-refractivity contribution in [1.82, 2.24) is 9.88 Å². The summed E-state index contributed by atoms with van der Waals surface area (Å²) in [6.45, 7) is 7.48. The van der Waals surface area contributed by atoms with Crippen LogP contribution in [0.4, 0.5) is 18.9 Å². The molecule has 2 aromatic carbocycles. The minimum atomic E-state index is -4.87. The summed E-state index contributed by atoms with van der Waals surface area (Å²) in [5.41, 5.74) is 3.85. The number of para-hydroxylation sites is 1. The zero-order valence-electron chi connectivity index (χ0n) is 18.8. The van der Waals surface area contributed by atoms with Crippen LogP contribution in [0.3, 0.4) is 0 Å². The minimum absolute atomic E-state index is 0.176. The average Bonchev–Trinajstić information content (AvgIpc) is 3.14. The lowest BCUT2D eigenvalue weighted by Crippen LogP contribution is -2.31. The molecule has 1 heterocycles. The van der Waals surface area contributed by atoms with Gasteiger partial charge in [0.2, 0.25) is 0 Å². The van der Waals surface area contributed by atoms with E-state index in [4.69, 9.17) is 0 Å². The van der Waals surface area contributed by atoms with E-state index < -0.39 is 18.0 Å². The summed E-state index contributed by atoms with van der Waals surface area (Å²) in [5, 5.41) is 3.77. The highest BCUT2D eigenvalue weighted by molar-refractivity contribution is 6.07. The molecular weight excluding hydrogens is 431 g/mol. The molecule has 1 aliphatic carbocycles. The summed E-state index contributed by atoms with van der Waals surface area (Å²) < 4.78 is 42.1. The maximum atomic E-state index is 12.8. The van der Waals surface area contributed by atoms with Crippen LogP contribution in [0.1, 0.15) is 41.9 Å². The maximum absolute atomic E-state index is 12.8. The number of aromatic nitrogens is 1. The molecule has 1 aromatic heterocycles. The number of hydrogen-bond acceptors (Lipinski definition) is 3. The van der Waals surface area contributed by atoms with Crippen molar-refractivity contribution < 1.29 is 22.7 Å². The van der Waals surface area contributed by atoms with Gasteiger partial charge in [-0.05, 0) is 74.2 Å². The van der Waals surface area contributed by atoms with Crippen LogP contribution in [0.5, 0.6) is 5.75 Å². The molecule has 0 fully saturated rings. The number of rotatable bonds is 7. The first kappa shape index (κ1) is 23.2. The molecule has 0 saturated heterocycles. The highest BCUT2D eigenvalue weighted by Crippen LogP contribution is 2.34. The lowest BCUT2D eigenvalue weighted by molar-refractivity contribution is -0.274. The van der Waals surface area contributed by atoms with Crippen LogP contribution < -0.4 is 10.1 Å². The van der Waals surface area contributed by atoms with Gasteiger partial charge in [-0.2, -0.15) is 0 Å². The summed E-state index contributed by atoms with van der Waals surface area (Å²) in [5.74, 6) is -0.610. The third kappa shape index (κ3) is 5.33. The van der Waals surface area contributed by atoms with Crippen molar-refractivity contribution >= 4 is 22.5 Å². The molecule has 0 spiro atoms. The highest BCUT2D eigenvalue weighted by Gasteiger charge is 2.33. The molecule has 0 bridgehead atoms. The Morgan fingerprint density at radius 2 is 1.94 bits per heavy atom. The normalized spacial score (nSPS) is 16.1. The lowest BCUT2D eigenvalue weighted by Gasteiger charge is -2.28. The molecule has 0 radical (unpaired) electrons. The maximum Gasteiger partial charge on any atom is 0.573 e. The van der Waals surface area contributed by atoms with Crippen molar-refractivity contribution in [2.24, 2.45) is 5.92 Å². The Bertz CT molecular complexity index is 1140. The van der Waals surface area contributed by atoms with Gasteiger partial charge >= 0.3 is 6.36 Å². The van der Waals surface area contributed by atoms with E-state index in [1.54, 1.807) is 6.07 Å². The molecule has 5 nitrogen and oxygen atoms in total. The molecule has 2 N–H and O–H groups in total. The van der Waals surface area contributed by atoms with Gasteiger partial charge in [-0.3, -0.25) is 4.79 Å². The van der Waals surface area contributed by atoms with Crippen LogP contribution >= 0.6 is 0 Å². The van der Waals surface area contributed by atoms with E-state index in [0.29, 0.717) is 11.6 Å². The number of halogens is 3. The Morgan fingerprint density at radius 1 is 1.18 bits per heavy atom. The molecule has 1 atom stereocenters. The number of fused-ring (bicyclic) bond motifs is 3. The van der Waals surface area contributed by atoms with Crippen LogP contribution in [-0.2, 0) is 12.8 Å². The fourth-order valence-corrected chi connectivity index (χ4v) is 4.64. The molecule has 4 rings (SSSR count). The zero-order valence-corrected chi connectivity index (χ0v) is 18.8. The number of aromatic amines is 1. The lowest BCUT2D eigenvalue weighted by atomic mass is 9.86. The van der Waals surface area contributed by atoms with Crippen LogP contribution in [0, 0.1) is 5.92 Å². The van der Waals surface area contributed by atoms with Gasteiger partial charge < -0.3 is 19.9 Å². The molecule has 8 heteroatoms. The molecular formula is C25H28F3N3O2. The summed E-state index contributed by atoms with van der Waals surface area (Å²) in [6, 6.07) is 10.9. The van der Waals surface area contributed by atoms with E-state index in [1.165, 1.54) is 29.5 Å². The smallest absolute Gasteiger partial charge is 0.405 e. The zero-order chi connectivity index (χ0) is 23.6. The number of amides is 1. The van der Waals surface area contributed by atoms with E-state index in [2.05, 4.69) is 33.8 Å². The van der Waals surface area contributed by atoms with Crippen molar-refractivity contribution in [2.75, 3.05) is 25.0 Å². The monoisotopic (exact) mass is 459 g/mol. The predicted molar refractivity (Wildman–Crippen MR) is 123 cm³/mol. The van der Waals surface area contributed by atoms with Crippen LogP contribution in [0.15, 0.2) is 42.5 Å². The number of anilines is 1. The molecule has 1 aliphatic rings. The molecule has 176 valence electrons. The fourth-order valence-electron chi connectivity index (χ4n) is 4.64. The summed E-state index contributed by atoms with van der Waals surface area (Å²) in [6.07, 6.45) is -1.79. The minimum Gasteiger partial charge on any atom is -0.405 e. The number of H-pyrrole nitrogens is 1. The number of ether oxygens (including phenoxy) is 1. The molecule has 0 aliphatic heterocycles. The standard InChI is InChI=1S/C25H28F3N3O2/c1-3-31(4-2)15-16-9-11-21-19(13-16)20-14-17(10-12-22(20)30-21)29-24(32)18-7-5-6-8-23(18)33-25(26,27)28/h5-8,10,12,14,16,30H,3-4,9,11,13,15H2,1-2H3,(H,29,32). The van der Waals surface area contributed by atoms with E-state index in [1.807, 2.05) is 12.1 Å². The Morgan fingerprint density at radius 3 is 2.67 bits per heavy atom. The van der Waals surface area contributed by atoms with Gasteiger partial charge in [0, 0.05) is 28.8 Å². The van der Waals surface area contributed by atoms with Gasteiger partial charge in [-0.15, -0.1) is 13.2 Å². The third-order valence-electron chi connectivity index (χ3n) is 6.32. The number of benzene rings is 2. The fraction of sp³-hybridized carbons (Fsp3) is 0.400. The van der Waals surface area contributed by atoms with Crippen molar-refractivity contribution in [3.05, 3.63) is 59.3 Å². The van der Waals surface area contributed by atoms with Gasteiger partial charge in [0.1, 0.15) is 5.75 Å². The number of nitrogens with zero attached hydrogens (tertiary/aromatic N) is 1. The molecule has 1 unspecified atom stereocenters. The number of alkyl halides is 3. The van der Waals surface area contributed by atoms with E-state index >= 15 is 0 Å². The van der Waals surface area contributed by atoms with Crippen LogP contribution in [-0.4, -0.2) is 41.8 Å². The van der Waals surface area contributed by atoms with Gasteiger partial charge in [0.05, 0.1) is 5.56 Å². The van der Waals surface area contributed by atoms with Gasteiger partial charge in [0.25, 0.3) is 5.91 Å². The number of carbonyl (C=O) groups excluding carboxylic acids is 1. The first-order valence-corrected chi connectivity index (χ1v) is 11.3. The second kappa shape index (κ2) is 9.47. The quantitative estimate of drug-likeness (QED) is 0.472. The van der Waals surface area contributed by atoms with Gasteiger partial charge in [0.15, 0.2) is 0 Å². The van der Waals surface area contributed by atoms with Crippen LogP contribution in [0.2, 0.25) is 0 Å². The molecule has 1 amide bonds. The Balaban J connectivity index is 1.56. The summed E-state index contributed by atoms with van der Waals surface area (Å²) in [7, 11) is 0. The van der Waals surface area contributed by atoms with Crippen molar-refractivity contribution in [2.45, 2.75) is 39.5 Å². The van der Waals surface area contributed by atoms with Gasteiger partial charge in [-0.1, -0.05) is 26.0 Å². The van der Waals surface area contributed by atoms with E-state index in [0.717, 1.165) is 55.9 Å². The largest absolute Gasteiger partial charge is 0.573 e. The van der Waals surface area contributed by atoms with Crippen molar-refractivity contribution in [1.29, 1.82) is 0 Å². The Hall–Kier alpha value is -3.00. The highest BCUT2D eigenvalue weighted by atomic mass is 19.4. The summed E-state index contributed by atoms with van der Waals surface area (Å²) >= 11 is 0. The number of aryl methyl sites for hydroxylation is 1. The first-order valence-electron chi connectivity index (χ1n) is 11.3. The second-order valence-corrected chi connectivity index (χ2v) is 8.44. The average molecular weight is 460 g/mol. The number of nitrogens with one attached hydrogen (secondary N) is 2. The predicted octanol–water partition coefficient (Wildman–Crippen LogP) is 5.77. The molecule has 0 saturated carbocycles. The van der Waals surface area contributed by atoms with Gasteiger partial charge in [-0.25, -0.2) is 0 Å². The Labute approximate surface area is 190 Å².